The molecule has 2 fully saturated rings. The van der Waals surface area contributed by atoms with E-state index in [1.54, 1.807) is 11.0 Å². The molecular weight excluding hydrogens is 539 g/mol. The number of piperidine rings is 2. The smallest absolute Gasteiger partial charge is 0.410 e. The lowest BCUT2D eigenvalue weighted by atomic mass is 9.82. The molecule has 0 radical (unpaired) electrons. The van der Waals surface area contributed by atoms with Gasteiger partial charge in [-0.25, -0.2) is 4.79 Å². The summed E-state index contributed by atoms with van der Waals surface area (Å²) in [5, 5.41) is 27.4. The van der Waals surface area contributed by atoms with Crippen LogP contribution in [0.5, 0.6) is 0 Å². The number of ether oxygens (including phenoxy) is 1. The molecule has 214 valence electrons. The molecular formula is C29H40Cl2N4O4. The van der Waals surface area contributed by atoms with Gasteiger partial charge in [-0.1, -0.05) is 30.1 Å². The van der Waals surface area contributed by atoms with Gasteiger partial charge in [0.2, 0.25) is 0 Å². The van der Waals surface area contributed by atoms with Crippen LogP contribution in [0.15, 0.2) is 24.3 Å². The molecule has 0 aromatic carbocycles. The molecule has 2 atom stereocenters. The van der Waals surface area contributed by atoms with Crippen LogP contribution >= 0.6 is 23.2 Å². The standard InChI is InChI=1S/C29H40Cl2N4O4/c1-5-19-8-10-23(31)25(33-19)29(38)12-15-32-21(18-29)7-6-20-9-11-22(30)24(34-20)28(37)13-16-35(17-14-28)26(36)39-27(2,3)4/h8-11,21,32,37-38H,5-7,12-18H2,1-4H3. The fourth-order valence-corrected chi connectivity index (χ4v) is 5.94. The number of amides is 1. The summed E-state index contributed by atoms with van der Waals surface area (Å²) < 4.78 is 5.47. The summed E-state index contributed by atoms with van der Waals surface area (Å²) >= 11 is 13.0. The van der Waals surface area contributed by atoms with Gasteiger partial charge in [0, 0.05) is 30.5 Å². The van der Waals surface area contributed by atoms with E-state index in [1.165, 1.54) is 0 Å². The zero-order valence-electron chi connectivity index (χ0n) is 23.3. The summed E-state index contributed by atoms with van der Waals surface area (Å²) in [6.45, 7) is 8.90. The van der Waals surface area contributed by atoms with E-state index in [9.17, 15) is 15.0 Å². The van der Waals surface area contributed by atoms with Crippen LogP contribution in [0.3, 0.4) is 0 Å². The molecule has 2 aliphatic heterocycles. The van der Waals surface area contributed by atoms with Gasteiger partial charge in [-0.05, 0) is 96.5 Å². The second kappa shape index (κ2) is 11.9. The number of rotatable bonds is 6. The van der Waals surface area contributed by atoms with Crippen molar-refractivity contribution < 1.29 is 19.7 Å². The lowest BCUT2D eigenvalue weighted by Gasteiger charge is -2.39. The van der Waals surface area contributed by atoms with Crippen molar-refractivity contribution in [3.05, 3.63) is 57.1 Å². The first-order chi connectivity index (χ1) is 18.3. The number of hydrogen-bond donors (Lipinski definition) is 3. The van der Waals surface area contributed by atoms with Gasteiger partial charge < -0.3 is 25.2 Å². The molecule has 2 aliphatic rings. The molecule has 8 nitrogen and oxygen atoms in total. The fraction of sp³-hybridized carbons (Fsp3) is 0.621. The van der Waals surface area contributed by atoms with Crippen molar-refractivity contribution in [2.75, 3.05) is 19.6 Å². The highest BCUT2D eigenvalue weighted by atomic mass is 35.5. The van der Waals surface area contributed by atoms with E-state index in [1.807, 2.05) is 45.9 Å². The third-order valence-electron chi connectivity index (χ3n) is 7.60. The second-order valence-electron chi connectivity index (χ2n) is 11.8. The van der Waals surface area contributed by atoms with Crippen LogP contribution in [0, 0.1) is 0 Å². The molecule has 10 heteroatoms. The Morgan fingerprint density at radius 3 is 2.23 bits per heavy atom. The summed E-state index contributed by atoms with van der Waals surface area (Å²) in [7, 11) is 0. The van der Waals surface area contributed by atoms with Crippen molar-refractivity contribution in [1.82, 2.24) is 20.2 Å². The highest BCUT2D eigenvalue weighted by Crippen LogP contribution is 2.38. The molecule has 0 spiro atoms. The number of hydrogen-bond acceptors (Lipinski definition) is 7. The maximum absolute atomic E-state index is 12.5. The van der Waals surface area contributed by atoms with Crippen LogP contribution in [0.25, 0.3) is 0 Å². The number of carbonyl (C=O) groups excluding carboxylic acids is 1. The summed E-state index contributed by atoms with van der Waals surface area (Å²) in [6, 6.07) is 7.42. The number of likely N-dealkylation sites (tertiary alicyclic amines) is 1. The first kappa shape index (κ1) is 30.0. The van der Waals surface area contributed by atoms with E-state index in [0.717, 1.165) is 24.2 Å². The lowest BCUT2D eigenvalue weighted by Crippen LogP contribution is -2.47. The first-order valence-corrected chi connectivity index (χ1v) is 14.6. The highest BCUT2D eigenvalue weighted by molar-refractivity contribution is 6.31. The predicted molar refractivity (Wildman–Crippen MR) is 152 cm³/mol. The Labute approximate surface area is 241 Å². The Hall–Kier alpha value is -1.97. The van der Waals surface area contributed by atoms with E-state index in [2.05, 4.69) is 10.3 Å². The van der Waals surface area contributed by atoms with E-state index < -0.39 is 16.8 Å². The van der Waals surface area contributed by atoms with Gasteiger partial charge in [-0.3, -0.25) is 9.97 Å². The minimum absolute atomic E-state index is 0.0491. The minimum atomic E-state index is -1.22. The maximum atomic E-state index is 12.5. The van der Waals surface area contributed by atoms with Crippen molar-refractivity contribution in [1.29, 1.82) is 0 Å². The quantitative estimate of drug-likeness (QED) is 0.435. The van der Waals surface area contributed by atoms with Crippen molar-refractivity contribution in [3.63, 3.8) is 0 Å². The van der Waals surface area contributed by atoms with Crippen molar-refractivity contribution in [2.45, 2.75) is 95.5 Å². The summed E-state index contributed by atoms with van der Waals surface area (Å²) in [4.78, 5) is 23.5. The van der Waals surface area contributed by atoms with Gasteiger partial charge in [-0.15, -0.1) is 0 Å². The van der Waals surface area contributed by atoms with Crippen LogP contribution in [-0.2, 0) is 28.8 Å². The zero-order chi connectivity index (χ0) is 28.4. The molecule has 0 bridgehead atoms. The monoisotopic (exact) mass is 578 g/mol. The largest absolute Gasteiger partial charge is 0.444 e. The van der Waals surface area contributed by atoms with Gasteiger partial charge in [0.15, 0.2) is 0 Å². The number of aromatic nitrogens is 2. The van der Waals surface area contributed by atoms with Gasteiger partial charge in [0.05, 0.1) is 21.4 Å². The zero-order valence-corrected chi connectivity index (χ0v) is 24.8. The molecule has 0 saturated carbocycles. The molecule has 4 heterocycles. The Balaban J connectivity index is 1.40. The summed E-state index contributed by atoms with van der Waals surface area (Å²) in [6.07, 6.45) is 3.47. The lowest BCUT2D eigenvalue weighted by molar-refractivity contribution is -0.0381. The van der Waals surface area contributed by atoms with Crippen LogP contribution < -0.4 is 5.32 Å². The summed E-state index contributed by atoms with van der Waals surface area (Å²) in [5.41, 5.74) is -0.152. The van der Waals surface area contributed by atoms with Crippen LogP contribution in [-0.4, -0.2) is 62.5 Å². The van der Waals surface area contributed by atoms with Gasteiger partial charge >= 0.3 is 6.09 Å². The Morgan fingerprint density at radius 2 is 1.62 bits per heavy atom. The number of aliphatic hydroxyl groups is 2. The number of carbonyl (C=O) groups is 1. The molecule has 2 aromatic heterocycles. The van der Waals surface area contributed by atoms with Crippen molar-refractivity contribution >= 4 is 29.3 Å². The number of aryl methyl sites for hydroxylation is 2. The number of nitrogens with zero attached hydrogens (tertiary/aromatic N) is 3. The number of halogens is 2. The highest BCUT2D eigenvalue weighted by Gasteiger charge is 2.40. The topological polar surface area (TPSA) is 108 Å². The van der Waals surface area contributed by atoms with E-state index >= 15 is 0 Å². The van der Waals surface area contributed by atoms with Gasteiger partial charge in [0.1, 0.15) is 16.8 Å². The van der Waals surface area contributed by atoms with Crippen molar-refractivity contribution in [2.24, 2.45) is 0 Å². The van der Waals surface area contributed by atoms with E-state index in [-0.39, 0.29) is 12.1 Å². The molecule has 2 saturated heterocycles. The molecule has 2 unspecified atom stereocenters. The SMILES string of the molecule is CCc1ccc(Cl)c(C2(O)CCNC(CCc3ccc(Cl)c(C4(O)CCN(C(=O)OC(C)(C)C)CC4)n3)C2)n1. The minimum Gasteiger partial charge on any atom is -0.444 e. The Bertz CT molecular complexity index is 1180. The van der Waals surface area contributed by atoms with Crippen molar-refractivity contribution in [3.8, 4) is 0 Å². The summed E-state index contributed by atoms with van der Waals surface area (Å²) in [5.74, 6) is 0. The average Bonchev–Trinajstić information content (AvgIpc) is 2.88. The van der Waals surface area contributed by atoms with Gasteiger partial charge in [0.25, 0.3) is 0 Å². The van der Waals surface area contributed by atoms with Crippen LogP contribution in [0.1, 0.15) is 82.6 Å². The molecule has 0 aliphatic carbocycles. The molecule has 3 N–H and O–H groups in total. The molecule has 1 amide bonds. The molecule has 2 aromatic rings. The molecule has 39 heavy (non-hydrogen) atoms. The first-order valence-electron chi connectivity index (χ1n) is 13.8. The fourth-order valence-electron chi connectivity index (χ4n) is 5.38. The Morgan fingerprint density at radius 1 is 1.03 bits per heavy atom. The third-order valence-corrected chi connectivity index (χ3v) is 8.21. The number of nitrogens with one attached hydrogen (secondary N) is 1. The average molecular weight is 580 g/mol. The van der Waals surface area contributed by atoms with Crippen LogP contribution in [0.4, 0.5) is 4.79 Å². The number of pyridine rings is 2. The van der Waals surface area contributed by atoms with E-state index in [4.69, 9.17) is 32.9 Å². The normalized spacial score (nSPS) is 23.5. The van der Waals surface area contributed by atoms with Crippen LogP contribution in [0.2, 0.25) is 10.0 Å². The second-order valence-corrected chi connectivity index (χ2v) is 12.6. The Kier molecular flexibility index (Phi) is 9.13. The molecule has 4 rings (SSSR count). The third kappa shape index (κ3) is 7.22. The van der Waals surface area contributed by atoms with E-state index in [0.29, 0.717) is 73.2 Å². The maximum Gasteiger partial charge on any atom is 0.410 e. The predicted octanol–water partition coefficient (Wildman–Crippen LogP) is 5.14. The van der Waals surface area contributed by atoms with Gasteiger partial charge in [-0.2, -0.15) is 0 Å².